The van der Waals surface area contributed by atoms with Crippen molar-refractivity contribution in [1.29, 1.82) is 0 Å². The van der Waals surface area contributed by atoms with Gasteiger partial charge in [0.1, 0.15) is 0 Å². The highest BCUT2D eigenvalue weighted by molar-refractivity contribution is 8.15. The van der Waals surface area contributed by atoms with Crippen LogP contribution in [0.5, 0.6) is 0 Å². The van der Waals surface area contributed by atoms with Gasteiger partial charge in [-0.25, -0.2) is 8.42 Å². The fraction of sp³-hybridized carbons (Fsp3) is 0.571. The zero-order valence-corrected chi connectivity index (χ0v) is 11.0. The summed E-state index contributed by atoms with van der Waals surface area (Å²) in [7, 11) is 1.19. The van der Waals surface area contributed by atoms with Crippen LogP contribution in [0.15, 0.2) is 4.34 Å². The number of carbonyl (C=O) groups excluding carboxylic acids is 1. The van der Waals surface area contributed by atoms with Crippen molar-refractivity contribution in [2.75, 3.05) is 5.32 Å². The van der Waals surface area contributed by atoms with E-state index in [1.165, 1.54) is 0 Å². The molecule has 1 amide bonds. The van der Waals surface area contributed by atoms with Crippen LogP contribution >= 0.6 is 22.0 Å². The van der Waals surface area contributed by atoms with E-state index in [-0.39, 0.29) is 21.3 Å². The van der Waals surface area contributed by atoms with E-state index in [1.54, 1.807) is 0 Å². The Morgan fingerprint density at radius 1 is 1.50 bits per heavy atom. The molecule has 16 heavy (non-hydrogen) atoms. The standard InChI is InChI=1S/C7H10ClN3O3S2/c1-4(2)3-5(12)9-6-10-11-7(15-6)16(8,13)14/h4H,3H2,1-2H3,(H,9,10,12). The van der Waals surface area contributed by atoms with Crippen LogP contribution < -0.4 is 5.32 Å². The van der Waals surface area contributed by atoms with E-state index in [1.807, 2.05) is 13.8 Å². The van der Waals surface area contributed by atoms with E-state index in [2.05, 4.69) is 15.5 Å². The largest absolute Gasteiger partial charge is 0.300 e. The number of halogens is 1. The number of nitrogens with zero attached hydrogens (tertiary/aromatic N) is 2. The summed E-state index contributed by atoms with van der Waals surface area (Å²) in [5.41, 5.74) is 0. The lowest BCUT2D eigenvalue weighted by Gasteiger charge is -2.02. The van der Waals surface area contributed by atoms with Crippen LogP contribution in [0.3, 0.4) is 0 Å². The maximum Gasteiger partial charge on any atom is 0.290 e. The molecule has 0 radical (unpaired) electrons. The summed E-state index contributed by atoms with van der Waals surface area (Å²) in [6.45, 7) is 3.79. The maximum absolute atomic E-state index is 11.3. The van der Waals surface area contributed by atoms with Gasteiger partial charge >= 0.3 is 0 Å². The summed E-state index contributed by atoms with van der Waals surface area (Å²) in [5.74, 6) is -0.0196. The molecule has 0 saturated heterocycles. The third-order valence-corrected chi connectivity index (χ3v) is 4.21. The molecule has 9 heteroatoms. The molecule has 1 aromatic rings. The van der Waals surface area contributed by atoms with Crippen molar-refractivity contribution in [3.63, 3.8) is 0 Å². The van der Waals surface area contributed by atoms with Gasteiger partial charge in [0.2, 0.25) is 15.4 Å². The molecule has 0 fully saturated rings. The predicted octanol–water partition coefficient (Wildman–Crippen LogP) is 1.45. The van der Waals surface area contributed by atoms with Crippen molar-refractivity contribution >= 4 is 42.1 Å². The molecular formula is C7H10ClN3O3S2. The van der Waals surface area contributed by atoms with Crippen molar-refractivity contribution in [2.24, 2.45) is 5.92 Å². The van der Waals surface area contributed by atoms with E-state index >= 15 is 0 Å². The number of rotatable bonds is 4. The third-order valence-electron chi connectivity index (χ3n) is 1.46. The van der Waals surface area contributed by atoms with Gasteiger partial charge in [-0.15, -0.1) is 10.2 Å². The normalized spacial score (nSPS) is 11.8. The van der Waals surface area contributed by atoms with Crippen molar-refractivity contribution < 1.29 is 13.2 Å². The topological polar surface area (TPSA) is 89.0 Å². The first-order chi connectivity index (χ1) is 7.29. The molecule has 1 rings (SSSR count). The van der Waals surface area contributed by atoms with Crippen molar-refractivity contribution in [2.45, 2.75) is 24.6 Å². The van der Waals surface area contributed by atoms with Crippen LogP contribution in [-0.2, 0) is 13.8 Å². The van der Waals surface area contributed by atoms with Gasteiger partial charge in [-0.05, 0) is 5.92 Å². The predicted molar refractivity (Wildman–Crippen MR) is 61.0 cm³/mol. The van der Waals surface area contributed by atoms with Crippen molar-refractivity contribution in [3.8, 4) is 0 Å². The van der Waals surface area contributed by atoms with Crippen molar-refractivity contribution in [1.82, 2.24) is 10.2 Å². The average molecular weight is 284 g/mol. The summed E-state index contributed by atoms with van der Waals surface area (Å²) in [4.78, 5) is 11.3. The molecule has 0 aliphatic carbocycles. The number of anilines is 1. The van der Waals surface area contributed by atoms with Gasteiger partial charge in [-0.3, -0.25) is 4.79 Å². The fourth-order valence-electron chi connectivity index (χ4n) is 0.900. The van der Waals surface area contributed by atoms with E-state index in [4.69, 9.17) is 10.7 Å². The van der Waals surface area contributed by atoms with Crippen LogP contribution in [0.4, 0.5) is 5.13 Å². The van der Waals surface area contributed by atoms with Crippen LogP contribution in [-0.4, -0.2) is 24.5 Å². The van der Waals surface area contributed by atoms with Crippen molar-refractivity contribution in [3.05, 3.63) is 0 Å². The zero-order valence-electron chi connectivity index (χ0n) is 8.60. The summed E-state index contributed by atoms with van der Waals surface area (Å²) in [6.07, 6.45) is 0.336. The molecular weight excluding hydrogens is 274 g/mol. The summed E-state index contributed by atoms with van der Waals surface area (Å²) >= 11 is 0.721. The lowest BCUT2D eigenvalue weighted by atomic mass is 10.1. The SMILES string of the molecule is CC(C)CC(=O)Nc1nnc(S(=O)(=O)Cl)s1. The van der Waals surface area contributed by atoms with E-state index in [0.717, 1.165) is 11.3 Å². The Morgan fingerprint density at radius 3 is 2.56 bits per heavy atom. The summed E-state index contributed by atoms with van der Waals surface area (Å²) < 4.78 is 21.4. The first-order valence-electron chi connectivity index (χ1n) is 4.37. The molecule has 0 aliphatic heterocycles. The Kier molecular flexibility index (Phi) is 4.22. The lowest BCUT2D eigenvalue weighted by molar-refractivity contribution is -0.116. The van der Waals surface area contributed by atoms with Gasteiger partial charge in [0.15, 0.2) is 0 Å². The molecule has 0 unspecified atom stereocenters. The fourth-order valence-corrected chi connectivity index (χ4v) is 2.54. The van der Waals surface area contributed by atoms with Gasteiger partial charge in [0.05, 0.1) is 0 Å². The highest BCUT2D eigenvalue weighted by Gasteiger charge is 2.18. The molecule has 0 aliphatic rings. The van der Waals surface area contributed by atoms with Crippen LogP contribution in [0.1, 0.15) is 20.3 Å². The third kappa shape index (κ3) is 4.03. The second-order valence-electron chi connectivity index (χ2n) is 3.46. The van der Waals surface area contributed by atoms with Gasteiger partial charge in [-0.1, -0.05) is 25.2 Å². The Balaban J connectivity index is 2.70. The molecule has 0 spiro atoms. The van der Waals surface area contributed by atoms with Crippen LogP contribution in [0, 0.1) is 5.92 Å². The number of aromatic nitrogens is 2. The Hall–Kier alpha value is -0.730. The second-order valence-corrected chi connectivity index (χ2v) is 7.17. The molecule has 90 valence electrons. The molecule has 1 heterocycles. The van der Waals surface area contributed by atoms with Crippen LogP contribution in [0.25, 0.3) is 0 Å². The van der Waals surface area contributed by atoms with E-state index in [0.29, 0.717) is 6.42 Å². The van der Waals surface area contributed by atoms with Gasteiger partial charge in [0.25, 0.3) is 9.05 Å². The molecule has 0 saturated carbocycles. The number of nitrogens with one attached hydrogen (secondary N) is 1. The Labute approximate surface area is 101 Å². The monoisotopic (exact) mass is 283 g/mol. The number of hydrogen-bond acceptors (Lipinski definition) is 6. The van der Waals surface area contributed by atoms with Gasteiger partial charge in [-0.2, -0.15) is 0 Å². The van der Waals surface area contributed by atoms with Gasteiger partial charge in [0, 0.05) is 17.1 Å². The maximum atomic E-state index is 11.3. The second kappa shape index (κ2) is 5.07. The molecule has 6 nitrogen and oxygen atoms in total. The molecule has 0 aromatic carbocycles. The minimum absolute atomic E-state index is 0.130. The van der Waals surface area contributed by atoms with Gasteiger partial charge < -0.3 is 5.32 Å². The summed E-state index contributed by atoms with van der Waals surface area (Å²) in [6, 6.07) is 0. The minimum Gasteiger partial charge on any atom is -0.300 e. The highest BCUT2D eigenvalue weighted by Crippen LogP contribution is 2.23. The first kappa shape index (κ1) is 13.3. The number of hydrogen-bond donors (Lipinski definition) is 1. The molecule has 1 N–H and O–H groups in total. The molecule has 1 aromatic heterocycles. The van der Waals surface area contributed by atoms with Crippen LogP contribution in [0.2, 0.25) is 0 Å². The molecule has 0 atom stereocenters. The van der Waals surface area contributed by atoms with E-state index in [9.17, 15) is 13.2 Å². The quantitative estimate of drug-likeness (QED) is 0.667. The Bertz CT molecular complexity index is 483. The smallest absolute Gasteiger partial charge is 0.290 e. The first-order valence-corrected chi connectivity index (χ1v) is 7.49. The van der Waals surface area contributed by atoms with E-state index < -0.39 is 9.05 Å². The number of carbonyl (C=O) groups is 1. The lowest BCUT2D eigenvalue weighted by Crippen LogP contribution is -2.13. The molecule has 0 bridgehead atoms. The zero-order chi connectivity index (χ0) is 12.3. The Morgan fingerprint density at radius 2 is 2.12 bits per heavy atom. The highest BCUT2D eigenvalue weighted by atomic mass is 35.7. The number of amides is 1. The minimum atomic E-state index is -3.88. The summed E-state index contributed by atoms with van der Waals surface area (Å²) in [5, 5.41) is 9.43. The average Bonchev–Trinajstić information content (AvgIpc) is 2.49.